The lowest BCUT2D eigenvalue weighted by Gasteiger charge is -2.30. The summed E-state index contributed by atoms with van der Waals surface area (Å²) in [7, 11) is 0. The van der Waals surface area contributed by atoms with E-state index >= 15 is 0 Å². The van der Waals surface area contributed by atoms with Crippen LogP contribution in [0.3, 0.4) is 0 Å². The van der Waals surface area contributed by atoms with E-state index in [0.29, 0.717) is 11.4 Å². The number of carbonyl (C=O) groups is 2. The van der Waals surface area contributed by atoms with E-state index in [1.165, 1.54) is 11.3 Å². The van der Waals surface area contributed by atoms with Gasteiger partial charge in [0.25, 0.3) is 5.91 Å². The molecule has 5 nitrogen and oxygen atoms in total. The summed E-state index contributed by atoms with van der Waals surface area (Å²) in [5, 5.41) is 9.02. The van der Waals surface area contributed by atoms with Crippen molar-refractivity contribution in [2.45, 2.75) is 6.10 Å². The summed E-state index contributed by atoms with van der Waals surface area (Å²) in [6.45, 7) is 0.738. The second-order valence-electron chi connectivity index (χ2n) is 5.12. The zero-order valence-corrected chi connectivity index (χ0v) is 14.5. The number of ether oxygens (including phenoxy) is 1. The van der Waals surface area contributed by atoms with E-state index < -0.39 is 12.1 Å². The molecule has 1 aliphatic rings. The Morgan fingerprint density at radius 1 is 1.22 bits per heavy atom. The third-order valence-corrected chi connectivity index (χ3v) is 5.23. The van der Waals surface area contributed by atoms with Gasteiger partial charge in [-0.15, -0.1) is 11.3 Å². The van der Waals surface area contributed by atoms with Crippen LogP contribution in [-0.2, 0) is 9.53 Å². The third-order valence-electron chi connectivity index (χ3n) is 3.57. The second-order valence-corrected chi connectivity index (χ2v) is 7.12. The molecule has 2 heterocycles. The van der Waals surface area contributed by atoms with Crippen LogP contribution in [0.15, 0.2) is 40.9 Å². The van der Waals surface area contributed by atoms with Crippen LogP contribution in [0.25, 0.3) is 10.4 Å². The van der Waals surface area contributed by atoms with E-state index in [9.17, 15) is 9.59 Å². The smallest absolute Gasteiger partial charge is 0.334 e. The Morgan fingerprint density at radius 2 is 1.96 bits per heavy atom. The number of rotatable bonds is 3. The van der Waals surface area contributed by atoms with Crippen LogP contribution in [-0.4, -0.2) is 47.7 Å². The fourth-order valence-corrected chi connectivity index (χ4v) is 3.60. The van der Waals surface area contributed by atoms with Gasteiger partial charge in [-0.2, -0.15) is 0 Å². The first-order valence-electron chi connectivity index (χ1n) is 7.04. The molecule has 1 fully saturated rings. The maximum absolute atomic E-state index is 12.5. The fourth-order valence-electron chi connectivity index (χ4n) is 2.36. The van der Waals surface area contributed by atoms with E-state index in [2.05, 4.69) is 15.9 Å². The quantitative estimate of drug-likeness (QED) is 0.866. The van der Waals surface area contributed by atoms with Gasteiger partial charge in [-0.05, 0) is 29.8 Å². The number of hydrogen-bond donors (Lipinski definition) is 1. The zero-order valence-electron chi connectivity index (χ0n) is 12.1. The predicted molar refractivity (Wildman–Crippen MR) is 90.7 cm³/mol. The van der Waals surface area contributed by atoms with Crippen molar-refractivity contribution in [1.82, 2.24) is 4.90 Å². The van der Waals surface area contributed by atoms with E-state index in [4.69, 9.17) is 9.84 Å². The molecular formula is C16H14BrNO4S. The minimum atomic E-state index is -1.04. The van der Waals surface area contributed by atoms with Crippen LogP contribution in [0.5, 0.6) is 0 Å². The molecule has 1 aliphatic heterocycles. The number of nitrogens with zero attached hydrogens (tertiary/aromatic N) is 1. The summed E-state index contributed by atoms with van der Waals surface area (Å²) in [5.41, 5.74) is 1.04. The average molecular weight is 396 g/mol. The van der Waals surface area contributed by atoms with Crippen molar-refractivity contribution in [1.29, 1.82) is 0 Å². The second kappa shape index (κ2) is 6.82. The van der Waals surface area contributed by atoms with Gasteiger partial charge in [0.2, 0.25) is 0 Å². The van der Waals surface area contributed by atoms with Gasteiger partial charge in [0.05, 0.1) is 18.0 Å². The van der Waals surface area contributed by atoms with Crippen molar-refractivity contribution in [3.8, 4) is 10.4 Å². The molecule has 0 aliphatic carbocycles. The zero-order chi connectivity index (χ0) is 16.4. The largest absolute Gasteiger partial charge is 0.479 e. The lowest BCUT2D eigenvalue weighted by Crippen LogP contribution is -2.48. The fraction of sp³-hybridized carbons (Fsp3) is 0.250. The number of benzene rings is 1. The number of amides is 1. The summed E-state index contributed by atoms with van der Waals surface area (Å²) < 4.78 is 6.15. The maximum Gasteiger partial charge on any atom is 0.334 e. The van der Waals surface area contributed by atoms with Gasteiger partial charge in [0.15, 0.2) is 6.10 Å². The maximum atomic E-state index is 12.5. The van der Waals surface area contributed by atoms with Crippen molar-refractivity contribution in [3.63, 3.8) is 0 Å². The molecule has 0 spiro atoms. The average Bonchev–Trinajstić information content (AvgIpc) is 3.05. The monoisotopic (exact) mass is 395 g/mol. The van der Waals surface area contributed by atoms with Gasteiger partial charge in [-0.1, -0.05) is 28.1 Å². The van der Waals surface area contributed by atoms with Crippen molar-refractivity contribution >= 4 is 39.1 Å². The lowest BCUT2D eigenvalue weighted by molar-refractivity contribution is -0.154. The summed E-state index contributed by atoms with van der Waals surface area (Å²) in [6, 6.07) is 11.6. The van der Waals surface area contributed by atoms with E-state index in [1.807, 2.05) is 30.3 Å². The van der Waals surface area contributed by atoms with Crippen LogP contribution in [0.2, 0.25) is 0 Å². The highest BCUT2D eigenvalue weighted by Crippen LogP contribution is 2.30. The number of halogens is 1. The van der Waals surface area contributed by atoms with Gasteiger partial charge in [0, 0.05) is 15.9 Å². The molecule has 120 valence electrons. The summed E-state index contributed by atoms with van der Waals surface area (Å²) >= 11 is 4.81. The van der Waals surface area contributed by atoms with Crippen molar-refractivity contribution in [3.05, 3.63) is 45.7 Å². The third kappa shape index (κ3) is 3.63. The molecule has 1 N–H and O–H groups in total. The van der Waals surface area contributed by atoms with E-state index in [0.717, 1.165) is 14.9 Å². The number of morpholine rings is 1. The summed E-state index contributed by atoms with van der Waals surface area (Å²) in [4.78, 5) is 26.7. The number of hydrogen-bond acceptors (Lipinski definition) is 4. The molecule has 0 bridgehead atoms. The Balaban J connectivity index is 1.75. The molecule has 0 radical (unpaired) electrons. The summed E-state index contributed by atoms with van der Waals surface area (Å²) in [6.07, 6.45) is -0.946. The first-order chi connectivity index (χ1) is 11.0. The Morgan fingerprint density at radius 3 is 2.65 bits per heavy atom. The minimum absolute atomic E-state index is 0.0830. The van der Waals surface area contributed by atoms with Gasteiger partial charge in [0.1, 0.15) is 0 Å². The molecule has 1 atom stereocenters. The minimum Gasteiger partial charge on any atom is -0.479 e. The topological polar surface area (TPSA) is 66.8 Å². The normalized spacial score (nSPS) is 18.0. The first kappa shape index (κ1) is 16.2. The molecule has 7 heteroatoms. The van der Waals surface area contributed by atoms with E-state index in [-0.39, 0.29) is 19.1 Å². The van der Waals surface area contributed by atoms with Crippen LogP contribution < -0.4 is 0 Å². The van der Waals surface area contributed by atoms with E-state index in [1.54, 1.807) is 11.0 Å². The molecular weight excluding hydrogens is 382 g/mol. The number of carbonyl (C=O) groups excluding carboxylic acids is 1. The van der Waals surface area contributed by atoms with Gasteiger partial charge in [-0.3, -0.25) is 4.79 Å². The van der Waals surface area contributed by atoms with Crippen molar-refractivity contribution in [2.24, 2.45) is 0 Å². The SMILES string of the molecule is O=C(O)C1CN(C(=O)c2ccc(-c3ccc(Br)cc3)s2)CCO1. The Bertz CT molecular complexity index is 728. The molecule has 1 amide bonds. The van der Waals surface area contributed by atoms with Crippen LogP contribution in [0.4, 0.5) is 0 Å². The number of thiophene rings is 1. The lowest BCUT2D eigenvalue weighted by atomic mass is 10.2. The molecule has 2 aromatic rings. The molecule has 1 unspecified atom stereocenters. The van der Waals surface area contributed by atoms with Crippen LogP contribution in [0.1, 0.15) is 9.67 Å². The standard InChI is InChI=1S/C16H14BrNO4S/c17-11-3-1-10(2-4-11)13-5-6-14(23-13)15(19)18-7-8-22-12(9-18)16(20)21/h1-6,12H,7-9H2,(H,20,21). The molecule has 0 saturated carbocycles. The Labute approximate surface area is 145 Å². The highest BCUT2D eigenvalue weighted by atomic mass is 79.9. The summed E-state index contributed by atoms with van der Waals surface area (Å²) in [5.74, 6) is -1.18. The van der Waals surface area contributed by atoms with Gasteiger partial charge in [-0.25, -0.2) is 4.79 Å². The highest BCUT2D eigenvalue weighted by Gasteiger charge is 2.30. The van der Waals surface area contributed by atoms with Gasteiger partial charge >= 0.3 is 5.97 Å². The number of aliphatic carboxylic acids is 1. The highest BCUT2D eigenvalue weighted by molar-refractivity contribution is 9.10. The predicted octanol–water partition coefficient (Wildman–Crippen LogP) is 3.10. The van der Waals surface area contributed by atoms with Crippen LogP contribution >= 0.6 is 27.3 Å². The van der Waals surface area contributed by atoms with Crippen molar-refractivity contribution in [2.75, 3.05) is 19.7 Å². The number of carboxylic acids is 1. The molecule has 1 aromatic carbocycles. The Kier molecular flexibility index (Phi) is 4.79. The molecule has 1 saturated heterocycles. The van der Waals surface area contributed by atoms with Crippen LogP contribution in [0, 0.1) is 0 Å². The van der Waals surface area contributed by atoms with Crippen molar-refractivity contribution < 1.29 is 19.4 Å². The first-order valence-corrected chi connectivity index (χ1v) is 8.65. The van der Waals surface area contributed by atoms with Gasteiger partial charge < -0.3 is 14.7 Å². The molecule has 3 rings (SSSR count). The number of carboxylic acid groups (broad SMARTS) is 1. The Hall–Kier alpha value is -1.70. The molecule has 23 heavy (non-hydrogen) atoms. The molecule has 1 aromatic heterocycles.